The molecule has 0 atom stereocenters. The van der Waals surface area contributed by atoms with E-state index >= 15 is 0 Å². The predicted molar refractivity (Wildman–Crippen MR) is 84.3 cm³/mol. The van der Waals surface area contributed by atoms with Crippen LogP contribution in [0.2, 0.25) is 0 Å². The number of ketones is 1. The molecule has 2 aromatic carbocycles. The summed E-state index contributed by atoms with van der Waals surface area (Å²) in [6.45, 7) is 0. The van der Waals surface area contributed by atoms with Crippen molar-refractivity contribution in [3.05, 3.63) is 65.9 Å². The molecule has 0 aliphatic carbocycles. The summed E-state index contributed by atoms with van der Waals surface area (Å²) in [5.74, 6) is -3.17. The van der Waals surface area contributed by atoms with Gasteiger partial charge in [0.25, 0.3) is 0 Å². The molecular formula is C17H12F3NaO4S. The Bertz CT molecular complexity index is 776. The van der Waals surface area contributed by atoms with Gasteiger partial charge in [0, 0.05) is 10.5 Å². The minimum absolute atomic E-state index is 0. The van der Waals surface area contributed by atoms with Gasteiger partial charge in [-0.15, -0.1) is 0 Å². The van der Waals surface area contributed by atoms with Gasteiger partial charge in [-0.3, -0.25) is 4.79 Å². The van der Waals surface area contributed by atoms with Crippen LogP contribution in [0.3, 0.4) is 0 Å². The van der Waals surface area contributed by atoms with Gasteiger partial charge >= 0.3 is 35.7 Å². The Hall–Kier alpha value is -1.29. The third-order valence-electron chi connectivity index (χ3n) is 3.08. The van der Waals surface area contributed by atoms with Gasteiger partial charge in [0.15, 0.2) is 5.78 Å². The second kappa shape index (κ2) is 10.1. The number of benzene rings is 2. The molecule has 4 nitrogen and oxygen atoms in total. The van der Waals surface area contributed by atoms with E-state index in [4.69, 9.17) is 4.33 Å². The molecule has 0 heterocycles. The molecule has 0 saturated carbocycles. The van der Waals surface area contributed by atoms with E-state index < -0.39 is 17.7 Å². The summed E-state index contributed by atoms with van der Waals surface area (Å²) in [5, 5.41) is 10.8. The van der Waals surface area contributed by atoms with Crippen LogP contribution in [-0.2, 0) is 9.22 Å². The van der Waals surface area contributed by atoms with Gasteiger partial charge in [-0.25, -0.2) is 4.89 Å². The van der Waals surface area contributed by atoms with Crippen LogP contribution in [0.1, 0.15) is 10.4 Å². The number of carbonyl (C=O) groups excluding carboxylic acids is 1. The second-order valence-electron chi connectivity index (χ2n) is 4.79. The first kappa shape index (κ1) is 22.8. The van der Waals surface area contributed by atoms with E-state index in [2.05, 4.69) is 4.89 Å². The van der Waals surface area contributed by atoms with Crippen molar-refractivity contribution in [1.82, 2.24) is 0 Å². The average molecular weight is 392 g/mol. The normalized spacial score (nSPS) is 11.8. The van der Waals surface area contributed by atoms with Crippen LogP contribution < -0.4 is 34.7 Å². The number of rotatable bonds is 6. The Morgan fingerprint density at radius 3 is 2.35 bits per heavy atom. The molecule has 0 fully saturated rings. The van der Waals surface area contributed by atoms with Gasteiger partial charge in [-0.1, -0.05) is 36.4 Å². The predicted octanol–water partition coefficient (Wildman–Crippen LogP) is 0.932. The first-order valence-corrected chi connectivity index (χ1v) is 7.63. The summed E-state index contributed by atoms with van der Waals surface area (Å²) >= 11 is 1.02. The molecule has 26 heavy (non-hydrogen) atoms. The Balaban J connectivity index is 0.00000338. The molecule has 0 spiro atoms. The molecule has 132 valence electrons. The minimum Gasteiger partial charge on any atom is -0.869 e. The fourth-order valence-electron chi connectivity index (χ4n) is 1.91. The molecule has 0 N–H and O–H groups in total. The number of hydrogen-bond donors (Lipinski definition) is 0. The number of alkyl halides is 3. The van der Waals surface area contributed by atoms with Gasteiger partial charge in [0.05, 0.1) is 19.2 Å². The van der Waals surface area contributed by atoms with Gasteiger partial charge in [0.1, 0.15) is 0 Å². The summed E-state index contributed by atoms with van der Waals surface area (Å²) < 4.78 is 41.3. The molecule has 0 radical (unpaired) electrons. The van der Waals surface area contributed by atoms with Gasteiger partial charge < -0.3 is 5.11 Å². The standard InChI is InChI=1S/C17H13F3O4S.Na/c1-23-24-25-14-4-2-3-13(9-14)11-5-7-12(8-6-11)15(21)10-16(22)17(18,19)20;/h2-10,22H,1H3;/q;+1/p-1/b16-10-;. The van der Waals surface area contributed by atoms with Crippen LogP contribution in [0, 0.1) is 0 Å². The molecule has 0 saturated heterocycles. The Morgan fingerprint density at radius 1 is 1.12 bits per heavy atom. The largest absolute Gasteiger partial charge is 1.00 e. The summed E-state index contributed by atoms with van der Waals surface area (Å²) in [4.78, 5) is 17.0. The van der Waals surface area contributed by atoms with Crippen molar-refractivity contribution in [3.8, 4) is 11.1 Å². The first-order valence-electron chi connectivity index (χ1n) is 6.89. The summed E-state index contributed by atoms with van der Waals surface area (Å²) in [6, 6.07) is 13.1. The van der Waals surface area contributed by atoms with E-state index in [9.17, 15) is 23.1 Å². The van der Waals surface area contributed by atoms with Crippen molar-refractivity contribution in [2.24, 2.45) is 0 Å². The molecule has 0 aliphatic rings. The average Bonchev–Trinajstić information content (AvgIpc) is 2.59. The van der Waals surface area contributed by atoms with Crippen molar-refractivity contribution >= 4 is 17.8 Å². The van der Waals surface area contributed by atoms with Crippen molar-refractivity contribution < 1.29 is 61.9 Å². The van der Waals surface area contributed by atoms with Gasteiger partial charge in [-0.2, -0.15) is 17.5 Å². The van der Waals surface area contributed by atoms with E-state index in [-0.39, 0.29) is 41.2 Å². The third-order valence-corrected chi connectivity index (χ3v) is 3.73. The second-order valence-corrected chi connectivity index (χ2v) is 5.57. The molecule has 0 aliphatic heterocycles. The summed E-state index contributed by atoms with van der Waals surface area (Å²) in [6.07, 6.45) is -5.01. The van der Waals surface area contributed by atoms with E-state index in [0.29, 0.717) is 0 Å². The van der Waals surface area contributed by atoms with E-state index in [1.807, 2.05) is 18.2 Å². The Kier molecular flexibility index (Phi) is 8.88. The van der Waals surface area contributed by atoms with Crippen molar-refractivity contribution in [2.75, 3.05) is 7.11 Å². The monoisotopic (exact) mass is 392 g/mol. The molecule has 0 bridgehead atoms. The molecule has 0 aromatic heterocycles. The maximum atomic E-state index is 12.2. The quantitative estimate of drug-likeness (QED) is 0.139. The maximum absolute atomic E-state index is 12.2. The summed E-state index contributed by atoms with van der Waals surface area (Å²) in [5.41, 5.74) is 1.56. The Labute approximate surface area is 174 Å². The van der Waals surface area contributed by atoms with E-state index in [0.717, 1.165) is 28.1 Å². The summed E-state index contributed by atoms with van der Waals surface area (Å²) in [7, 11) is 1.38. The molecule has 2 rings (SSSR count). The number of allylic oxidation sites excluding steroid dienone is 2. The maximum Gasteiger partial charge on any atom is 1.00 e. The molecule has 0 amide bonds. The Morgan fingerprint density at radius 2 is 1.77 bits per heavy atom. The third kappa shape index (κ3) is 6.46. The van der Waals surface area contributed by atoms with Crippen LogP contribution in [0.4, 0.5) is 13.2 Å². The van der Waals surface area contributed by atoms with E-state index in [1.54, 1.807) is 18.2 Å². The van der Waals surface area contributed by atoms with Crippen LogP contribution in [0.15, 0.2) is 65.3 Å². The number of halogens is 3. The smallest absolute Gasteiger partial charge is 0.869 e. The van der Waals surface area contributed by atoms with Crippen molar-refractivity contribution in [3.63, 3.8) is 0 Å². The van der Waals surface area contributed by atoms with E-state index in [1.165, 1.54) is 19.2 Å². The van der Waals surface area contributed by atoms with Crippen LogP contribution in [0.25, 0.3) is 11.1 Å². The van der Waals surface area contributed by atoms with Crippen molar-refractivity contribution in [2.45, 2.75) is 11.1 Å². The zero-order valence-electron chi connectivity index (χ0n) is 13.9. The van der Waals surface area contributed by atoms with Gasteiger partial charge in [-0.05, 0) is 35.1 Å². The number of hydrogen-bond acceptors (Lipinski definition) is 5. The molecule has 0 unspecified atom stereocenters. The van der Waals surface area contributed by atoms with Crippen LogP contribution in [0.5, 0.6) is 0 Å². The fourth-order valence-corrected chi connectivity index (χ4v) is 2.37. The van der Waals surface area contributed by atoms with Gasteiger partial charge in [0.2, 0.25) is 0 Å². The zero-order chi connectivity index (χ0) is 18.4. The fraction of sp³-hybridized carbons (Fsp3) is 0.118. The molecule has 9 heteroatoms. The molecule has 2 aromatic rings. The molecular weight excluding hydrogens is 380 g/mol. The topological polar surface area (TPSA) is 58.6 Å². The van der Waals surface area contributed by atoms with Crippen LogP contribution >= 0.6 is 12.0 Å². The van der Waals surface area contributed by atoms with Crippen LogP contribution in [-0.4, -0.2) is 19.1 Å². The SMILES string of the molecule is COOSc1cccc(-c2ccc(C(=O)/C=C(\[O-])C(F)(F)F)cc2)c1.[Na+]. The first-order chi connectivity index (χ1) is 11.8. The zero-order valence-corrected chi connectivity index (χ0v) is 16.7. The minimum atomic E-state index is -5.06. The number of carbonyl (C=O) groups is 1. The van der Waals surface area contributed by atoms with Crippen molar-refractivity contribution in [1.29, 1.82) is 0 Å².